The number of amides is 4. The zero-order chi connectivity index (χ0) is 39.8. The van der Waals surface area contributed by atoms with Crippen LogP contribution in [-0.2, 0) is 38.4 Å². The highest BCUT2D eigenvalue weighted by atomic mass is 33.1. The Bertz CT molecular complexity index is 1270. The summed E-state index contributed by atoms with van der Waals surface area (Å²) in [6, 6.07) is -11.4. The van der Waals surface area contributed by atoms with E-state index in [2.05, 4.69) is 0 Å². The number of carbonyl (C=O) groups excluding carboxylic acids is 4. The lowest BCUT2D eigenvalue weighted by Crippen LogP contribution is -2.50. The molecule has 0 aliphatic rings. The van der Waals surface area contributed by atoms with Gasteiger partial charge in [-0.15, -0.1) is 0 Å². The van der Waals surface area contributed by atoms with Gasteiger partial charge in [-0.2, -0.15) is 0 Å². The molecule has 0 heterocycles. The second-order valence-electron chi connectivity index (χ2n) is 6.78. The second-order valence-corrected chi connectivity index (χ2v) is 9.33. The van der Waals surface area contributed by atoms with Gasteiger partial charge in [0.05, 0.1) is 2.74 Å². The van der Waals surface area contributed by atoms with Crippen molar-refractivity contribution < 1.29 is 72.5 Å². The minimum atomic E-state index is -3.96. The Hall–Kier alpha value is -3.62. The van der Waals surface area contributed by atoms with E-state index in [9.17, 15) is 38.4 Å². The molecule has 40 heavy (non-hydrogen) atoms. The zero-order valence-corrected chi connectivity index (χ0v) is 21.6. The number of hydrogen-bond acceptors (Lipinski definition) is 12. The van der Waals surface area contributed by atoms with Gasteiger partial charge in [-0.1, -0.05) is 21.6 Å². The van der Waals surface area contributed by atoms with Crippen molar-refractivity contribution in [3.05, 3.63) is 0 Å². The van der Waals surface area contributed by atoms with Crippen LogP contribution >= 0.6 is 21.6 Å². The summed E-state index contributed by atoms with van der Waals surface area (Å²) in [5.41, 5.74) is 10.2. The van der Waals surface area contributed by atoms with E-state index in [4.69, 9.17) is 45.6 Å². The molecule has 20 heteroatoms. The maximum Gasteiger partial charge on any atom is 0.322 e. The first kappa shape index (κ1) is 22.1. The molecule has 226 valence electrons. The molecule has 12 N–H and O–H groups in total. The van der Waals surface area contributed by atoms with E-state index in [1.165, 1.54) is 0 Å². The Morgan fingerprint density at radius 2 is 1.00 bits per heavy atom. The minimum absolute atomic E-state index is 0.491. The van der Waals surface area contributed by atoms with Crippen molar-refractivity contribution in [3.8, 4) is 0 Å². The van der Waals surface area contributed by atoms with Gasteiger partial charge in [-0.05, 0) is 12.7 Å². The Kier molecular flexibility index (Phi) is 10.7. The molecular formula is C20H32N6O12S2. The largest absolute Gasteiger partial charge is 0.480 e. The smallest absolute Gasteiger partial charge is 0.322 e. The molecule has 4 atom stereocenters. The van der Waals surface area contributed by atoms with E-state index >= 15 is 0 Å². The Labute approximate surface area is 249 Å². The fourth-order valence-electron chi connectivity index (χ4n) is 1.91. The van der Waals surface area contributed by atoms with Gasteiger partial charge in [0.15, 0.2) is 0 Å². The third-order valence-corrected chi connectivity index (χ3v) is 6.13. The summed E-state index contributed by atoms with van der Waals surface area (Å²) in [4.78, 5) is 95.1. The lowest BCUT2D eigenvalue weighted by Gasteiger charge is -2.20. The number of aliphatic carboxylic acids is 4. The molecule has 0 aromatic rings. The van der Waals surface area contributed by atoms with Crippen molar-refractivity contribution in [2.45, 2.75) is 49.6 Å². The topological polar surface area (TPSA) is 318 Å². The van der Waals surface area contributed by atoms with E-state index in [-0.39, 0.29) is 0 Å². The number of hydrogen-bond donors (Lipinski definition) is 10. The molecule has 0 bridgehead atoms. The minimum Gasteiger partial charge on any atom is -0.480 e. The summed E-state index contributed by atoms with van der Waals surface area (Å²) in [7, 11) is 0.983. The molecule has 0 aromatic carbocycles. The fourth-order valence-corrected chi connectivity index (χ4v) is 4.24. The van der Waals surface area contributed by atoms with Gasteiger partial charge in [-0.25, -0.2) is 0 Å². The van der Waals surface area contributed by atoms with Gasteiger partial charge in [0.2, 0.25) is 23.6 Å². The predicted octanol–water partition coefficient (Wildman–Crippen LogP) is -3.88. The Balaban J connectivity index is 6.21. The van der Waals surface area contributed by atoms with Crippen LogP contribution in [0.25, 0.3) is 0 Å². The molecule has 0 fully saturated rings. The molecule has 0 aliphatic carbocycles. The highest BCUT2D eigenvalue weighted by Gasteiger charge is 2.25. The van der Waals surface area contributed by atoms with Gasteiger partial charge in [-0.3, -0.25) is 38.4 Å². The molecule has 1 unspecified atom stereocenters. The molecular weight excluding hydrogens is 580 g/mol. The van der Waals surface area contributed by atoms with Crippen LogP contribution in [0.4, 0.5) is 0 Å². The maximum atomic E-state index is 12.8. The highest BCUT2D eigenvalue weighted by molar-refractivity contribution is 8.76. The zero-order valence-electron chi connectivity index (χ0n) is 30.0. The summed E-state index contributed by atoms with van der Waals surface area (Å²) < 4.78 is 77.3. The van der Waals surface area contributed by atoms with Crippen molar-refractivity contribution in [2.24, 2.45) is 11.5 Å². The second kappa shape index (κ2) is 19.4. The number of carboxylic acids is 4. The first-order valence-electron chi connectivity index (χ1n) is 15.2. The van der Waals surface area contributed by atoms with E-state index in [1.54, 1.807) is 10.6 Å². The molecule has 0 spiro atoms. The van der Waals surface area contributed by atoms with Crippen molar-refractivity contribution >= 4 is 69.1 Å². The van der Waals surface area contributed by atoms with Gasteiger partial charge in [0, 0.05) is 35.2 Å². The summed E-state index contributed by atoms with van der Waals surface area (Å²) in [6.07, 6.45) is -15.8. The van der Waals surface area contributed by atoms with Gasteiger partial charge >= 0.3 is 23.9 Å². The number of carbonyl (C=O) groups is 8. The highest BCUT2D eigenvalue weighted by Crippen LogP contribution is 2.23. The average molecular weight is 623 g/mol. The number of rotatable bonds is 21. The van der Waals surface area contributed by atoms with E-state index < -0.39 is 122 Å². The first-order valence-corrected chi connectivity index (χ1v) is 12.7. The summed E-state index contributed by atoms with van der Waals surface area (Å²) in [5.74, 6) is -16.0. The van der Waals surface area contributed by atoms with Crippen LogP contribution in [0, 0.1) is 0 Å². The number of carboxylic acid groups (broad SMARTS) is 4. The van der Waals surface area contributed by atoms with Crippen molar-refractivity contribution in [1.29, 1.82) is 0 Å². The lowest BCUT2D eigenvalue weighted by atomic mass is 10.1. The van der Waals surface area contributed by atoms with Gasteiger partial charge in [0.25, 0.3) is 0 Å². The van der Waals surface area contributed by atoms with E-state index in [0.29, 0.717) is 21.6 Å². The van der Waals surface area contributed by atoms with E-state index in [1.807, 2.05) is 10.6 Å². The summed E-state index contributed by atoms with van der Waals surface area (Å²) >= 11 is 0. The van der Waals surface area contributed by atoms with Crippen LogP contribution in [0.3, 0.4) is 0 Å². The molecule has 0 radical (unpaired) electrons. The third-order valence-electron chi connectivity index (χ3n) is 3.71. The monoisotopic (exact) mass is 622 g/mol. The Morgan fingerprint density at radius 1 is 0.675 bits per heavy atom. The number of nitrogens with one attached hydrogen (secondary N) is 4. The summed E-state index contributed by atoms with van der Waals surface area (Å²) in [6.45, 7) is -2.10. The first-order chi connectivity index (χ1) is 22.3. The molecule has 0 aromatic heterocycles. The average Bonchev–Trinajstić information content (AvgIpc) is 2.98. The van der Waals surface area contributed by atoms with Gasteiger partial charge < -0.3 is 53.2 Å². The van der Waals surface area contributed by atoms with Crippen LogP contribution < -0.4 is 32.7 Å². The molecule has 4 amide bonds. The van der Waals surface area contributed by atoms with Gasteiger partial charge in [0.1, 0.15) is 37.2 Å². The van der Waals surface area contributed by atoms with Crippen LogP contribution in [0.1, 0.15) is 39.2 Å². The van der Waals surface area contributed by atoms with E-state index in [0.717, 1.165) is 0 Å². The molecule has 0 saturated heterocycles. The SMILES string of the molecule is [2H]C([2H])(C(=O)N[C@@H](CSSC[C@H](NC(=O)C([2H])([2H])C([2H])([2H])[C@]([2H])(N)C(=O)O)C(=O)NCC(=O)O)C(=O)NCC(=O)O)C([2H])([2H])C([2H])(N)C(=O)O. The quantitative estimate of drug-likeness (QED) is 0.0432. The number of nitrogens with two attached hydrogens (primary N) is 2. The van der Waals surface area contributed by atoms with Crippen molar-refractivity contribution in [2.75, 3.05) is 24.6 Å². The van der Waals surface area contributed by atoms with Crippen molar-refractivity contribution in [3.63, 3.8) is 0 Å². The normalized spacial score (nSPS) is 20.2. The Morgan fingerprint density at radius 3 is 1.27 bits per heavy atom. The third kappa shape index (κ3) is 17.1. The lowest BCUT2D eigenvalue weighted by molar-refractivity contribution is -0.140. The fraction of sp³-hybridized carbons (Fsp3) is 0.600. The van der Waals surface area contributed by atoms with Crippen LogP contribution in [-0.4, -0.2) is 117 Å². The van der Waals surface area contributed by atoms with Crippen LogP contribution in [0.5, 0.6) is 0 Å². The maximum absolute atomic E-state index is 12.8. The molecule has 0 rings (SSSR count). The predicted molar refractivity (Wildman–Crippen MR) is 140 cm³/mol. The van der Waals surface area contributed by atoms with Crippen molar-refractivity contribution in [1.82, 2.24) is 21.3 Å². The molecule has 18 nitrogen and oxygen atoms in total. The van der Waals surface area contributed by atoms with Crippen LogP contribution in [0.2, 0.25) is 0 Å². The molecule has 0 saturated carbocycles. The summed E-state index contributed by atoms with van der Waals surface area (Å²) in [5, 5.41) is 42.9. The van der Waals surface area contributed by atoms with Crippen LogP contribution in [0.15, 0.2) is 0 Å². The standard InChI is InChI=1S/C20H32N6O12S2/c21-9(19(35)36)1-3-13(27)25-11(17(33)23-5-15(29)30)7-39-40-8-12(18(34)24-6-16(31)32)26-14(28)4-2-10(22)20(37)38/h9-12H,1-8,21-22H2,(H,23,33)(H,24,34)(H,25,27)(H,26,28)(H,29,30)(H,31,32)(H,35,36)(H,37,38)/t9-,10?,11-,12-/m0/s1/i1D2,2D2,3D2,4D2,9D,10D. The molecule has 0 aliphatic heterocycles.